The molecule has 0 amide bonds. The minimum Gasteiger partial charge on any atom is -0.481 e. The molecule has 1 fully saturated rings. The van der Waals surface area contributed by atoms with E-state index < -0.39 is 5.97 Å². The quantitative estimate of drug-likeness (QED) is 0.703. The monoisotopic (exact) mass is 212 g/mol. The molecule has 0 aliphatic heterocycles. The maximum absolute atomic E-state index is 10.5. The lowest BCUT2D eigenvalue weighted by molar-refractivity contribution is -0.137. The predicted octanol–water partition coefficient (Wildman–Crippen LogP) is 3.85. The third kappa shape index (κ3) is 5.81. The highest BCUT2D eigenvalue weighted by atomic mass is 16.4. The molecule has 2 heteroatoms. The van der Waals surface area contributed by atoms with Crippen LogP contribution in [-0.4, -0.2) is 11.1 Å². The number of rotatable bonds is 5. The Labute approximate surface area is 93.1 Å². The molecule has 1 atom stereocenters. The van der Waals surface area contributed by atoms with E-state index in [1.165, 1.54) is 44.9 Å². The molecule has 1 aliphatic rings. The molecular formula is C13H24O2. The lowest BCUT2D eigenvalue weighted by Crippen LogP contribution is -2.08. The molecule has 0 aromatic heterocycles. The molecule has 0 saturated heterocycles. The average molecular weight is 212 g/mol. The first-order valence-electron chi connectivity index (χ1n) is 6.40. The molecule has 1 N–H and O–H groups in total. The molecule has 0 aromatic rings. The molecule has 88 valence electrons. The summed E-state index contributed by atoms with van der Waals surface area (Å²) in [6.45, 7) is 2.20. The van der Waals surface area contributed by atoms with Crippen molar-refractivity contribution >= 4 is 5.97 Å². The van der Waals surface area contributed by atoms with E-state index >= 15 is 0 Å². The largest absolute Gasteiger partial charge is 0.481 e. The van der Waals surface area contributed by atoms with Crippen molar-refractivity contribution in [3.05, 3.63) is 0 Å². The fraction of sp³-hybridized carbons (Fsp3) is 0.923. The van der Waals surface area contributed by atoms with Crippen LogP contribution in [-0.2, 0) is 4.79 Å². The van der Waals surface area contributed by atoms with Gasteiger partial charge in [-0.2, -0.15) is 0 Å². The highest BCUT2D eigenvalue weighted by Crippen LogP contribution is 2.29. The first-order chi connectivity index (χ1) is 7.18. The van der Waals surface area contributed by atoms with E-state index in [1.54, 1.807) is 0 Å². The fourth-order valence-electron chi connectivity index (χ4n) is 2.66. The van der Waals surface area contributed by atoms with E-state index in [0.29, 0.717) is 12.3 Å². The second kappa shape index (κ2) is 6.86. The van der Waals surface area contributed by atoms with Gasteiger partial charge in [0.05, 0.1) is 0 Å². The molecule has 15 heavy (non-hydrogen) atoms. The van der Waals surface area contributed by atoms with Crippen LogP contribution in [0.4, 0.5) is 0 Å². The van der Waals surface area contributed by atoms with Crippen LogP contribution in [0, 0.1) is 11.8 Å². The van der Waals surface area contributed by atoms with Crippen molar-refractivity contribution in [1.82, 2.24) is 0 Å². The number of aliphatic carboxylic acids is 1. The number of carboxylic acid groups (broad SMARTS) is 1. The van der Waals surface area contributed by atoms with Crippen molar-refractivity contribution in [3.8, 4) is 0 Å². The minimum atomic E-state index is -0.650. The first kappa shape index (κ1) is 12.5. The zero-order valence-electron chi connectivity index (χ0n) is 9.87. The summed E-state index contributed by atoms with van der Waals surface area (Å²) in [6.07, 6.45) is 10.8. The van der Waals surface area contributed by atoms with Crippen molar-refractivity contribution in [2.75, 3.05) is 0 Å². The molecule has 1 aliphatic carbocycles. The summed E-state index contributed by atoms with van der Waals surface area (Å²) in [5, 5.41) is 8.61. The lowest BCUT2D eigenvalue weighted by atomic mass is 9.88. The smallest absolute Gasteiger partial charge is 0.303 e. The Morgan fingerprint density at radius 3 is 2.40 bits per heavy atom. The average Bonchev–Trinajstić information content (AvgIpc) is 2.43. The van der Waals surface area contributed by atoms with Crippen LogP contribution in [0.5, 0.6) is 0 Å². The fourth-order valence-corrected chi connectivity index (χ4v) is 2.66. The SMILES string of the molecule is CC(CCC(=O)O)CC1CCCCCC1. The highest BCUT2D eigenvalue weighted by Gasteiger charge is 2.15. The summed E-state index contributed by atoms with van der Waals surface area (Å²) in [4.78, 5) is 10.5. The van der Waals surface area contributed by atoms with Gasteiger partial charge in [0.1, 0.15) is 0 Å². The van der Waals surface area contributed by atoms with E-state index in [9.17, 15) is 4.79 Å². The van der Waals surface area contributed by atoms with Crippen LogP contribution in [0.1, 0.15) is 64.7 Å². The van der Waals surface area contributed by atoms with E-state index in [0.717, 1.165) is 12.3 Å². The molecule has 1 saturated carbocycles. The van der Waals surface area contributed by atoms with Gasteiger partial charge in [-0.1, -0.05) is 45.4 Å². The summed E-state index contributed by atoms with van der Waals surface area (Å²) in [5.41, 5.74) is 0. The molecule has 0 bridgehead atoms. The van der Waals surface area contributed by atoms with E-state index in [2.05, 4.69) is 6.92 Å². The molecule has 0 heterocycles. The number of hydrogen-bond donors (Lipinski definition) is 1. The van der Waals surface area contributed by atoms with Gasteiger partial charge >= 0.3 is 5.97 Å². The summed E-state index contributed by atoms with van der Waals surface area (Å²) in [5.74, 6) is 0.809. The van der Waals surface area contributed by atoms with Crippen molar-refractivity contribution in [1.29, 1.82) is 0 Å². The second-order valence-corrected chi connectivity index (χ2v) is 5.13. The van der Waals surface area contributed by atoms with Gasteiger partial charge in [0.15, 0.2) is 0 Å². The van der Waals surface area contributed by atoms with E-state index in [-0.39, 0.29) is 0 Å². The molecule has 1 rings (SSSR count). The molecule has 0 radical (unpaired) electrons. The van der Waals surface area contributed by atoms with Crippen LogP contribution in [0.2, 0.25) is 0 Å². The van der Waals surface area contributed by atoms with Crippen molar-refractivity contribution in [2.24, 2.45) is 11.8 Å². The first-order valence-corrected chi connectivity index (χ1v) is 6.40. The summed E-state index contributed by atoms with van der Waals surface area (Å²) in [7, 11) is 0. The summed E-state index contributed by atoms with van der Waals surface area (Å²) < 4.78 is 0. The number of carbonyl (C=O) groups is 1. The van der Waals surface area contributed by atoms with Crippen LogP contribution in [0.3, 0.4) is 0 Å². The van der Waals surface area contributed by atoms with Gasteiger partial charge in [-0.3, -0.25) is 4.79 Å². The van der Waals surface area contributed by atoms with Crippen molar-refractivity contribution < 1.29 is 9.90 Å². The maximum Gasteiger partial charge on any atom is 0.303 e. The zero-order valence-corrected chi connectivity index (χ0v) is 9.87. The standard InChI is InChI=1S/C13H24O2/c1-11(8-9-13(14)15)10-12-6-4-2-3-5-7-12/h11-12H,2-10H2,1H3,(H,14,15). The van der Waals surface area contributed by atoms with Crippen LogP contribution in [0.15, 0.2) is 0 Å². The Kier molecular flexibility index (Phi) is 5.74. The topological polar surface area (TPSA) is 37.3 Å². The Morgan fingerprint density at radius 2 is 1.87 bits per heavy atom. The Morgan fingerprint density at radius 1 is 1.27 bits per heavy atom. The van der Waals surface area contributed by atoms with Crippen LogP contribution in [0.25, 0.3) is 0 Å². The molecule has 1 unspecified atom stereocenters. The van der Waals surface area contributed by atoms with Gasteiger partial charge in [-0.25, -0.2) is 0 Å². The van der Waals surface area contributed by atoms with Gasteiger partial charge in [-0.05, 0) is 24.7 Å². The van der Waals surface area contributed by atoms with E-state index in [4.69, 9.17) is 5.11 Å². The minimum absolute atomic E-state index is 0.341. The number of carboxylic acids is 1. The van der Waals surface area contributed by atoms with Gasteiger partial charge in [0.2, 0.25) is 0 Å². The van der Waals surface area contributed by atoms with Crippen molar-refractivity contribution in [3.63, 3.8) is 0 Å². The van der Waals surface area contributed by atoms with Gasteiger partial charge in [-0.15, -0.1) is 0 Å². The lowest BCUT2D eigenvalue weighted by Gasteiger charge is -2.18. The third-order valence-electron chi connectivity index (χ3n) is 3.56. The van der Waals surface area contributed by atoms with Crippen LogP contribution >= 0.6 is 0 Å². The van der Waals surface area contributed by atoms with Crippen molar-refractivity contribution in [2.45, 2.75) is 64.7 Å². The number of hydrogen-bond acceptors (Lipinski definition) is 1. The Balaban J connectivity index is 2.17. The molecule has 0 spiro atoms. The zero-order chi connectivity index (χ0) is 11.1. The summed E-state index contributed by atoms with van der Waals surface area (Å²) in [6, 6.07) is 0. The van der Waals surface area contributed by atoms with Crippen LogP contribution < -0.4 is 0 Å². The summed E-state index contributed by atoms with van der Waals surface area (Å²) >= 11 is 0. The molecular weight excluding hydrogens is 188 g/mol. The van der Waals surface area contributed by atoms with Gasteiger partial charge in [0, 0.05) is 6.42 Å². The second-order valence-electron chi connectivity index (χ2n) is 5.13. The van der Waals surface area contributed by atoms with Gasteiger partial charge < -0.3 is 5.11 Å². The Bertz CT molecular complexity index is 181. The predicted molar refractivity (Wildman–Crippen MR) is 61.8 cm³/mol. The Hall–Kier alpha value is -0.530. The highest BCUT2D eigenvalue weighted by molar-refractivity contribution is 5.66. The maximum atomic E-state index is 10.5. The van der Waals surface area contributed by atoms with E-state index in [1.807, 2.05) is 0 Å². The van der Waals surface area contributed by atoms with Gasteiger partial charge in [0.25, 0.3) is 0 Å². The third-order valence-corrected chi connectivity index (χ3v) is 3.56. The molecule has 0 aromatic carbocycles. The molecule has 2 nitrogen and oxygen atoms in total. The normalized spacial score (nSPS) is 20.9.